The van der Waals surface area contributed by atoms with E-state index in [0.717, 1.165) is 18.5 Å². The van der Waals surface area contributed by atoms with Gasteiger partial charge in [-0.15, -0.1) is 0 Å². The summed E-state index contributed by atoms with van der Waals surface area (Å²) in [6.07, 6.45) is 8.39. The van der Waals surface area contributed by atoms with E-state index >= 15 is 0 Å². The molecule has 1 fully saturated rings. The molecule has 23 heavy (non-hydrogen) atoms. The van der Waals surface area contributed by atoms with Crippen LogP contribution < -0.4 is 10.6 Å². The quantitative estimate of drug-likeness (QED) is 0.817. The molecule has 0 aliphatic heterocycles. The summed E-state index contributed by atoms with van der Waals surface area (Å²) >= 11 is 5.58. The normalized spacial score (nSPS) is 16.1. The van der Waals surface area contributed by atoms with Crippen LogP contribution in [-0.2, 0) is 5.54 Å². The number of hydrogen-bond acceptors (Lipinski definition) is 2. The van der Waals surface area contributed by atoms with Crippen LogP contribution in [0.4, 0.5) is 5.69 Å². The zero-order valence-corrected chi connectivity index (χ0v) is 14.5. The maximum Gasteiger partial charge on any atom is 0.171 e. The third-order valence-corrected chi connectivity index (χ3v) is 4.99. The van der Waals surface area contributed by atoms with E-state index in [0.29, 0.717) is 5.11 Å². The first kappa shape index (κ1) is 15.9. The van der Waals surface area contributed by atoms with Crippen molar-refractivity contribution >= 4 is 23.0 Å². The molecule has 1 heterocycles. The summed E-state index contributed by atoms with van der Waals surface area (Å²) < 4.78 is 0. The van der Waals surface area contributed by atoms with Gasteiger partial charge in [-0.3, -0.25) is 4.98 Å². The standard InChI is InChI=1S/C19H23N3S/c1-14-7-8-17(12-15(14)2)21-18(23)22-19(9-3-4-10-19)16-6-5-11-20-13-16/h5-8,11-13H,3-4,9-10H2,1-2H3,(H2,21,22,23). The maximum absolute atomic E-state index is 5.58. The zero-order chi connectivity index (χ0) is 16.3. The molecule has 3 rings (SSSR count). The number of benzene rings is 1. The van der Waals surface area contributed by atoms with E-state index in [1.165, 1.54) is 29.5 Å². The molecule has 2 aromatic rings. The highest BCUT2D eigenvalue weighted by Gasteiger charge is 2.36. The second-order valence-electron chi connectivity index (χ2n) is 6.41. The number of nitrogens with one attached hydrogen (secondary N) is 2. The summed E-state index contributed by atoms with van der Waals surface area (Å²) in [7, 11) is 0. The van der Waals surface area contributed by atoms with Gasteiger partial charge >= 0.3 is 0 Å². The lowest BCUT2D eigenvalue weighted by Crippen LogP contribution is -2.45. The van der Waals surface area contributed by atoms with Crippen molar-refractivity contribution in [1.29, 1.82) is 0 Å². The average Bonchev–Trinajstić information content (AvgIpc) is 3.01. The van der Waals surface area contributed by atoms with Crippen LogP contribution in [0.5, 0.6) is 0 Å². The van der Waals surface area contributed by atoms with Gasteiger partial charge in [0.25, 0.3) is 0 Å². The lowest BCUT2D eigenvalue weighted by atomic mass is 9.89. The van der Waals surface area contributed by atoms with Crippen molar-refractivity contribution in [1.82, 2.24) is 10.3 Å². The molecule has 1 aliphatic rings. The smallest absolute Gasteiger partial charge is 0.171 e. The fourth-order valence-corrected chi connectivity index (χ4v) is 3.62. The lowest BCUT2D eigenvalue weighted by Gasteiger charge is -2.32. The van der Waals surface area contributed by atoms with Crippen LogP contribution in [0.1, 0.15) is 42.4 Å². The highest BCUT2D eigenvalue weighted by atomic mass is 32.1. The molecule has 1 aromatic carbocycles. The van der Waals surface area contributed by atoms with Crippen molar-refractivity contribution in [3.05, 3.63) is 59.4 Å². The molecule has 0 unspecified atom stereocenters. The van der Waals surface area contributed by atoms with Gasteiger partial charge in [0.05, 0.1) is 5.54 Å². The molecule has 4 heteroatoms. The monoisotopic (exact) mass is 325 g/mol. The Balaban J connectivity index is 1.75. The SMILES string of the molecule is Cc1ccc(NC(=S)NC2(c3cccnc3)CCCC2)cc1C. The van der Waals surface area contributed by atoms with Crippen LogP contribution in [-0.4, -0.2) is 10.1 Å². The minimum absolute atomic E-state index is 0.0852. The fraction of sp³-hybridized carbons (Fsp3) is 0.368. The van der Waals surface area contributed by atoms with E-state index in [1.54, 1.807) is 0 Å². The summed E-state index contributed by atoms with van der Waals surface area (Å²) in [6.45, 7) is 4.23. The maximum atomic E-state index is 5.58. The molecular weight excluding hydrogens is 302 g/mol. The van der Waals surface area contributed by atoms with E-state index < -0.39 is 0 Å². The summed E-state index contributed by atoms with van der Waals surface area (Å²) in [5.41, 5.74) is 4.72. The number of aryl methyl sites for hydroxylation is 2. The number of thiocarbonyl (C=S) groups is 1. The topological polar surface area (TPSA) is 37.0 Å². The highest BCUT2D eigenvalue weighted by Crippen LogP contribution is 2.38. The lowest BCUT2D eigenvalue weighted by molar-refractivity contribution is 0.407. The van der Waals surface area contributed by atoms with Gasteiger partial charge in [0.15, 0.2) is 5.11 Å². The Morgan fingerprint density at radius 2 is 1.91 bits per heavy atom. The van der Waals surface area contributed by atoms with Gasteiger partial charge in [0.2, 0.25) is 0 Å². The highest BCUT2D eigenvalue weighted by molar-refractivity contribution is 7.80. The van der Waals surface area contributed by atoms with Gasteiger partial charge in [-0.05, 0) is 73.8 Å². The summed E-state index contributed by atoms with van der Waals surface area (Å²) in [6, 6.07) is 10.5. The predicted octanol–water partition coefficient (Wildman–Crippen LogP) is 4.45. The second-order valence-corrected chi connectivity index (χ2v) is 6.82. The Morgan fingerprint density at radius 1 is 1.13 bits per heavy atom. The first-order chi connectivity index (χ1) is 11.1. The Labute approximate surface area is 143 Å². The van der Waals surface area contributed by atoms with E-state index in [2.05, 4.69) is 53.7 Å². The van der Waals surface area contributed by atoms with E-state index in [4.69, 9.17) is 12.2 Å². The van der Waals surface area contributed by atoms with Crippen molar-refractivity contribution in [2.45, 2.75) is 45.1 Å². The molecule has 3 nitrogen and oxygen atoms in total. The van der Waals surface area contributed by atoms with Crippen molar-refractivity contribution in [2.75, 3.05) is 5.32 Å². The molecule has 1 saturated carbocycles. The van der Waals surface area contributed by atoms with Gasteiger partial charge in [-0.25, -0.2) is 0 Å². The molecule has 0 radical (unpaired) electrons. The minimum atomic E-state index is -0.0852. The minimum Gasteiger partial charge on any atom is -0.353 e. The first-order valence-corrected chi connectivity index (χ1v) is 8.57. The summed E-state index contributed by atoms with van der Waals surface area (Å²) in [4.78, 5) is 4.28. The molecule has 0 amide bonds. The third-order valence-electron chi connectivity index (χ3n) is 4.79. The Bertz CT molecular complexity index is 691. The van der Waals surface area contributed by atoms with Gasteiger partial charge in [0, 0.05) is 18.1 Å². The van der Waals surface area contributed by atoms with Crippen LogP contribution in [0.25, 0.3) is 0 Å². The van der Waals surface area contributed by atoms with Crippen LogP contribution in [0, 0.1) is 13.8 Å². The molecule has 2 N–H and O–H groups in total. The van der Waals surface area contributed by atoms with E-state index in [1.807, 2.05) is 18.5 Å². The second kappa shape index (κ2) is 6.67. The molecule has 1 aliphatic carbocycles. The van der Waals surface area contributed by atoms with E-state index in [9.17, 15) is 0 Å². The Kier molecular flexibility index (Phi) is 4.62. The molecule has 1 aromatic heterocycles. The largest absolute Gasteiger partial charge is 0.353 e. The number of aromatic nitrogens is 1. The van der Waals surface area contributed by atoms with Crippen molar-refractivity contribution in [2.24, 2.45) is 0 Å². The number of nitrogens with zero attached hydrogens (tertiary/aromatic N) is 1. The van der Waals surface area contributed by atoms with Crippen molar-refractivity contribution < 1.29 is 0 Å². The van der Waals surface area contributed by atoms with Gasteiger partial charge in [-0.2, -0.15) is 0 Å². The molecule has 0 spiro atoms. The summed E-state index contributed by atoms with van der Waals surface area (Å²) in [5.74, 6) is 0. The summed E-state index contributed by atoms with van der Waals surface area (Å²) in [5, 5.41) is 7.58. The molecule has 0 atom stereocenters. The predicted molar refractivity (Wildman–Crippen MR) is 99.7 cm³/mol. The van der Waals surface area contributed by atoms with Crippen LogP contribution in [0.15, 0.2) is 42.7 Å². The third kappa shape index (κ3) is 3.53. The molecule has 120 valence electrons. The van der Waals surface area contributed by atoms with Crippen LogP contribution in [0.2, 0.25) is 0 Å². The van der Waals surface area contributed by atoms with Crippen LogP contribution >= 0.6 is 12.2 Å². The Morgan fingerprint density at radius 3 is 2.57 bits per heavy atom. The van der Waals surface area contributed by atoms with Crippen molar-refractivity contribution in [3.63, 3.8) is 0 Å². The molecule has 0 bridgehead atoms. The van der Waals surface area contributed by atoms with Crippen molar-refractivity contribution in [3.8, 4) is 0 Å². The number of rotatable bonds is 3. The van der Waals surface area contributed by atoms with Crippen LogP contribution in [0.3, 0.4) is 0 Å². The number of hydrogen-bond donors (Lipinski definition) is 2. The molecule has 0 saturated heterocycles. The Hall–Kier alpha value is -1.94. The zero-order valence-electron chi connectivity index (χ0n) is 13.7. The van der Waals surface area contributed by atoms with Gasteiger partial charge < -0.3 is 10.6 Å². The van der Waals surface area contributed by atoms with Gasteiger partial charge in [0.1, 0.15) is 0 Å². The molecular formula is C19H23N3S. The number of anilines is 1. The number of pyridine rings is 1. The average molecular weight is 325 g/mol. The first-order valence-electron chi connectivity index (χ1n) is 8.16. The van der Waals surface area contributed by atoms with E-state index in [-0.39, 0.29) is 5.54 Å². The van der Waals surface area contributed by atoms with Gasteiger partial charge in [-0.1, -0.05) is 25.0 Å². The fourth-order valence-electron chi connectivity index (χ4n) is 3.31.